The SMILES string of the molecule is COC(=O)c1sccc1NC(=O)CCCCN. The molecule has 0 aromatic carbocycles. The zero-order chi connectivity index (χ0) is 12.7. The van der Waals surface area contributed by atoms with Crippen molar-refractivity contribution in [1.29, 1.82) is 0 Å². The molecule has 0 aliphatic carbocycles. The molecule has 1 rings (SSSR count). The molecule has 6 heteroatoms. The largest absolute Gasteiger partial charge is 0.465 e. The van der Waals surface area contributed by atoms with Gasteiger partial charge < -0.3 is 15.8 Å². The minimum Gasteiger partial charge on any atom is -0.465 e. The number of nitrogens with one attached hydrogen (secondary N) is 1. The van der Waals surface area contributed by atoms with E-state index in [2.05, 4.69) is 10.1 Å². The minimum atomic E-state index is -0.433. The van der Waals surface area contributed by atoms with Crippen LogP contribution in [0.3, 0.4) is 0 Å². The van der Waals surface area contributed by atoms with E-state index in [1.165, 1.54) is 18.4 Å². The molecular weight excluding hydrogens is 240 g/mol. The van der Waals surface area contributed by atoms with Gasteiger partial charge in [0.2, 0.25) is 5.91 Å². The number of carbonyl (C=O) groups is 2. The summed E-state index contributed by atoms with van der Waals surface area (Å²) in [6, 6.07) is 1.69. The average Bonchev–Trinajstić information content (AvgIpc) is 2.76. The molecule has 0 fully saturated rings. The maximum absolute atomic E-state index is 11.5. The Kier molecular flexibility index (Phi) is 5.65. The number of methoxy groups -OCH3 is 1. The van der Waals surface area contributed by atoms with Crippen molar-refractivity contribution in [2.45, 2.75) is 19.3 Å². The molecule has 0 saturated heterocycles. The third-order valence-corrected chi connectivity index (χ3v) is 3.06. The lowest BCUT2D eigenvalue weighted by atomic mass is 10.2. The van der Waals surface area contributed by atoms with E-state index >= 15 is 0 Å². The predicted octanol–water partition coefficient (Wildman–Crippen LogP) is 1.60. The summed E-state index contributed by atoms with van der Waals surface area (Å²) in [6.07, 6.45) is 1.98. The molecule has 0 aliphatic heterocycles. The molecular formula is C11H16N2O3S. The van der Waals surface area contributed by atoms with Crippen molar-refractivity contribution in [3.8, 4) is 0 Å². The maximum Gasteiger partial charge on any atom is 0.350 e. The summed E-state index contributed by atoms with van der Waals surface area (Å²) < 4.78 is 4.62. The summed E-state index contributed by atoms with van der Waals surface area (Å²) in [5.41, 5.74) is 5.85. The van der Waals surface area contributed by atoms with E-state index in [9.17, 15) is 9.59 Å². The van der Waals surface area contributed by atoms with Crippen LogP contribution in [0.2, 0.25) is 0 Å². The van der Waals surface area contributed by atoms with Crippen LogP contribution in [0.4, 0.5) is 5.69 Å². The first-order valence-corrected chi connectivity index (χ1v) is 6.22. The molecule has 0 bridgehead atoms. The molecule has 1 aromatic rings. The Labute approximate surface area is 104 Å². The number of carbonyl (C=O) groups excluding carboxylic acids is 2. The van der Waals surface area contributed by atoms with Crippen LogP contribution in [0.5, 0.6) is 0 Å². The summed E-state index contributed by atoms with van der Waals surface area (Å²) in [6.45, 7) is 0.582. The molecule has 1 aromatic heterocycles. The molecule has 0 radical (unpaired) electrons. The highest BCUT2D eigenvalue weighted by atomic mass is 32.1. The van der Waals surface area contributed by atoms with Crippen LogP contribution in [0.15, 0.2) is 11.4 Å². The van der Waals surface area contributed by atoms with Gasteiger partial charge in [-0.05, 0) is 30.8 Å². The Bertz CT molecular complexity index is 390. The fourth-order valence-corrected chi connectivity index (χ4v) is 2.07. The molecule has 0 unspecified atom stereocenters. The van der Waals surface area contributed by atoms with Crippen molar-refractivity contribution in [3.63, 3.8) is 0 Å². The van der Waals surface area contributed by atoms with Crippen LogP contribution in [0.25, 0.3) is 0 Å². The lowest BCUT2D eigenvalue weighted by molar-refractivity contribution is -0.116. The van der Waals surface area contributed by atoms with Crippen LogP contribution < -0.4 is 11.1 Å². The zero-order valence-corrected chi connectivity index (χ0v) is 10.5. The molecule has 17 heavy (non-hydrogen) atoms. The number of ether oxygens (including phenoxy) is 1. The van der Waals surface area contributed by atoms with Crippen LogP contribution in [0.1, 0.15) is 28.9 Å². The topological polar surface area (TPSA) is 81.4 Å². The summed E-state index contributed by atoms with van der Waals surface area (Å²) in [5.74, 6) is -0.542. The van der Waals surface area contributed by atoms with Gasteiger partial charge in [0.25, 0.3) is 0 Å². The van der Waals surface area contributed by atoms with E-state index in [-0.39, 0.29) is 5.91 Å². The quantitative estimate of drug-likeness (QED) is 0.598. The van der Waals surface area contributed by atoms with Gasteiger partial charge in [-0.1, -0.05) is 0 Å². The second-order valence-electron chi connectivity index (χ2n) is 3.45. The standard InChI is InChI=1S/C11H16N2O3S/c1-16-11(15)10-8(5-7-17-10)13-9(14)4-2-3-6-12/h5,7H,2-4,6,12H2,1H3,(H,13,14). The highest BCUT2D eigenvalue weighted by molar-refractivity contribution is 7.12. The highest BCUT2D eigenvalue weighted by Gasteiger charge is 2.15. The van der Waals surface area contributed by atoms with E-state index in [4.69, 9.17) is 5.73 Å². The van der Waals surface area contributed by atoms with Gasteiger partial charge in [-0.2, -0.15) is 0 Å². The minimum absolute atomic E-state index is 0.109. The molecule has 3 N–H and O–H groups in total. The van der Waals surface area contributed by atoms with Crippen LogP contribution >= 0.6 is 11.3 Å². The normalized spacial score (nSPS) is 10.0. The van der Waals surface area contributed by atoms with Gasteiger partial charge in [0, 0.05) is 6.42 Å². The molecule has 5 nitrogen and oxygen atoms in total. The number of anilines is 1. The molecule has 0 aliphatic rings. The van der Waals surface area contributed by atoms with Crippen molar-refractivity contribution in [2.75, 3.05) is 19.0 Å². The Hall–Kier alpha value is -1.40. The maximum atomic E-state index is 11.5. The van der Waals surface area contributed by atoms with Crippen LogP contribution in [-0.2, 0) is 9.53 Å². The number of unbranched alkanes of at least 4 members (excludes halogenated alkanes) is 1. The Morgan fingerprint density at radius 1 is 1.47 bits per heavy atom. The van der Waals surface area contributed by atoms with E-state index < -0.39 is 5.97 Å². The number of thiophene rings is 1. The number of hydrogen-bond acceptors (Lipinski definition) is 5. The third kappa shape index (κ3) is 4.16. The second kappa shape index (κ2) is 7.03. The first kappa shape index (κ1) is 13.7. The predicted molar refractivity (Wildman–Crippen MR) is 67.2 cm³/mol. The van der Waals surface area contributed by atoms with Gasteiger partial charge in [0.1, 0.15) is 4.88 Å². The van der Waals surface area contributed by atoms with E-state index in [1.54, 1.807) is 11.4 Å². The Morgan fingerprint density at radius 3 is 2.88 bits per heavy atom. The summed E-state index contributed by atoms with van der Waals surface area (Å²) in [7, 11) is 1.31. The van der Waals surface area contributed by atoms with Crippen LogP contribution in [-0.4, -0.2) is 25.5 Å². The monoisotopic (exact) mass is 256 g/mol. The van der Waals surface area contributed by atoms with Crippen molar-refractivity contribution in [1.82, 2.24) is 0 Å². The first-order chi connectivity index (χ1) is 8.19. The van der Waals surface area contributed by atoms with Crippen molar-refractivity contribution < 1.29 is 14.3 Å². The third-order valence-electron chi connectivity index (χ3n) is 2.17. The Morgan fingerprint density at radius 2 is 2.24 bits per heavy atom. The van der Waals surface area contributed by atoms with Gasteiger partial charge in [-0.15, -0.1) is 11.3 Å². The Balaban J connectivity index is 2.53. The van der Waals surface area contributed by atoms with Gasteiger partial charge in [0.15, 0.2) is 0 Å². The summed E-state index contributed by atoms with van der Waals surface area (Å²) in [5, 5.41) is 4.43. The smallest absolute Gasteiger partial charge is 0.350 e. The zero-order valence-electron chi connectivity index (χ0n) is 9.69. The van der Waals surface area contributed by atoms with E-state index in [1.807, 2.05) is 0 Å². The number of nitrogens with two attached hydrogens (primary N) is 1. The number of amides is 1. The van der Waals surface area contributed by atoms with Crippen molar-refractivity contribution >= 4 is 28.9 Å². The average molecular weight is 256 g/mol. The lowest BCUT2D eigenvalue weighted by Gasteiger charge is -2.05. The van der Waals surface area contributed by atoms with Gasteiger partial charge in [0.05, 0.1) is 12.8 Å². The fourth-order valence-electron chi connectivity index (χ4n) is 1.30. The van der Waals surface area contributed by atoms with Gasteiger partial charge in [-0.25, -0.2) is 4.79 Å². The molecule has 0 saturated carbocycles. The summed E-state index contributed by atoms with van der Waals surface area (Å²) >= 11 is 1.24. The molecule has 0 spiro atoms. The number of hydrogen-bond donors (Lipinski definition) is 2. The van der Waals surface area contributed by atoms with Crippen LogP contribution in [0, 0.1) is 0 Å². The van der Waals surface area contributed by atoms with E-state index in [0.29, 0.717) is 23.5 Å². The number of rotatable bonds is 6. The molecule has 1 amide bonds. The summed E-state index contributed by atoms with van der Waals surface area (Å²) in [4.78, 5) is 23.3. The van der Waals surface area contributed by atoms with Gasteiger partial charge in [-0.3, -0.25) is 4.79 Å². The molecule has 94 valence electrons. The second-order valence-corrected chi connectivity index (χ2v) is 4.37. The van der Waals surface area contributed by atoms with Gasteiger partial charge >= 0.3 is 5.97 Å². The highest BCUT2D eigenvalue weighted by Crippen LogP contribution is 2.23. The van der Waals surface area contributed by atoms with Crippen molar-refractivity contribution in [3.05, 3.63) is 16.3 Å². The lowest BCUT2D eigenvalue weighted by Crippen LogP contribution is -2.13. The van der Waals surface area contributed by atoms with E-state index in [0.717, 1.165) is 12.8 Å². The molecule has 1 heterocycles. The molecule has 0 atom stereocenters. The first-order valence-electron chi connectivity index (χ1n) is 5.34. The fraction of sp³-hybridized carbons (Fsp3) is 0.455. The van der Waals surface area contributed by atoms with Crippen molar-refractivity contribution in [2.24, 2.45) is 5.73 Å². The number of esters is 1.